The summed E-state index contributed by atoms with van der Waals surface area (Å²) in [5.41, 5.74) is 2.37. The maximum atomic E-state index is 11.9. The number of hydrogen-bond donors (Lipinski definition) is 2. The van der Waals surface area contributed by atoms with E-state index in [1.54, 1.807) is 4.90 Å². The van der Waals surface area contributed by atoms with Crippen LogP contribution >= 0.6 is 0 Å². The summed E-state index contributed by atoms with van der Waals surface area (Å²) >= 11 is 0. The number of nitrogens with zero attached hydrogens (tertiary/aromatic N) is 2. The number of carboxylic acids is 1. The molecule has 2 amide bonds. The number of benzene rings is 1. The lowest BCUT2D eigenvalue weighted by Crippen LogP contribution is -2.54. The van der Waals surface area contributed by atoms with Crippen molar-refractivity contribution in [3.05, 3.63) is 29.8 Å². The number of hydrogen-bond acceptors (Lipinski definition) is 3. The molecule has 21 heavy (non-hydrogen) atoms. The summed E-state index contributed by atoms with van der Waals surface area (Å²) in [6.45, 7) is 6.19. The SMILES string of the molecule is Cc1cccc(N2CCN(C(=O)N[C@H](C)C(=O)O)CC2)c1. The Morgan fingerprint density at radius 1 is 1.24 bits per heavy atom. The fourth-order valence-corrected chi connectivity index (χ4v) is 2.33. The molecule has 1 fully saturated rings. The van der Waals surface area contributed by atoms with Gasteiger partial charge in [-0.1, -0.05) is 12.1 Å². The lowest BCUT2D eigenvalue weighted by molar-refractivity contribution is -0.138. The van der Waals surface area contributed by atoms with Crippen molar-refractivity contribution < 1.29 is 14.7 Å². The number of urea groups is 1. The molecule has 1 aliphatic heterocycles. The summed E-state index contributed by atoms with van der Waals surface area (Å²) in [5.74, 6) is -1.03. The van der Waals surface area contributed by atoms with Crippen molar-refractivity contribution in [2.45, 2.75) is 19.9 Å². The van der Waals surface area contributed by atoms with E-state index in [2.05, 4.69) is 35.3 Å². The standard InChI is InChI=1S/C15H21N3O3/c1-11-4-3-5-13(10-11)17-6-8-18(9-7-17)15(21)16-12(2)14(19)20/h3-5,10,12H,6-9H2,1-2H3,(H,16,21)(H,19,20)/t12-/m1/s1. The van der Waals surface area contributed by atoms with E-state index < -0.39 is 12.0 Å². The van der Waals surface area contributed by atoms with Gasteiger partial charge < -0.3 is 20.2 Å². The Balaban J connectivity index is 1.88. The molecule has 1 aromatic rings. The van der Waals surface area contributed by atoms with Crippen LogP contribution in [0.3, 0.4) is 0 Å². The van der Waals surface area contributed by atoms with Crippen LogP contribution in [-0.2, 0) is 4.79 Å². The highest BCUT2D eigenvalue weighted by Crippen LogP contribution is 2.17. The van der Waals surface area contributed by atoms with Gasteiger partial charge in [-0.25, -0.2) is 4.79 Å². The number of anilines is 1. The molecule has 1 heterocycles. The molecule has 0 bridgehead atoms. The number of carbonyl (C=O) groups is 2. The van der Waals surface area contributed by atoms with E-state index in [0.717, 1.165) is 18.8 Å². The molecule has 0 radical (unpaired) electrons. The topological polar surface area (TPSA) is 72.9 Å². The van der Waals surface area contributed by atoms with Crippen molar-refractivity contribution in [3.8, 4) is 0 Å². The number of carbonyl (C=O) groups excluding carboxylic acids is 1. The molecule has 0 unspecified atom stereocenters. The molecule has 0 aromatic heterocycles. The highest BCUT2D eigenvalue weighted by molar-refractivity contribution is 5.82. The Kier molecular flexibility index (Phi) is 4.67. The summed E-state index contributed by atoms with van der Waals surface area (Å²) in [4.78, 5) is 26.6. The van der Waals surface area contributed by atoms with Crippen LogP contribution < -0.4 is 10.2 Å². The number of piperazine rings is 1. The largest absolute Gasteiger partial charge is 0.480 e. The zero-order valence-corrected chi connectivity index (χ0v) is 12.4. The minimum Gasteiger partial charge on any atom is -0.480 e. The van der Waals surface area contributed by atoms with Crippen molar-refractivity contribution >= 4 is 17.7 Å². The van der Waals surface area contributed by atoms with Crippen LogP contribution in [0.25, 0.3) is 0 Å². The molecular formula is C15H21N3O3. The van der Waals surface area contributed by atoms with E-state index in [4.69, 9.17) is 5.11 Å². The zero-order valence-electron chi connectivity index (χ0n) is 12.4. The molecule has 0 saturated carbocycles. The summed E-state index contributed by atoms with van der Waals surface area (Å²) in [6.07, 6.45) is 0. The van der Waals surface area contributed by atoms with Crippen LogP contribution in [0.2, 0.25) is 0 Å². The highest BCUT2D eigenvalue weighted by atomic mass is 16.4. The molecule has 0 aliphatic carbocycles. The van der Waals surface area contributed by atoms with Gasteiger partial charge in [-0.15, -0.1) is 0 Å². The first-order valence-corrected chi connectivity index (χ1v) is 7.07. The predicted octanol–water partition coefficient (Wildman–Crippen LogP) is 1.30. The fourth-order valence-electron chi connectivity index (χ4n) is 2.33. The molecule has 1 atom stereocenters. The van der Waals surface area contributed by atoms with Crippen LogP contribution in [-0.4, -0.2) is 54.2 Å². The normalized spacial score (nSPS) is 16.5. The fraction of sp³-hybridized carbons (Fsp3) is 0.467. The predicted molar refractivity (Wildman–Crippen MR) is 80.6 cm³/mol. The second-order valence-corrected chi connectivity index (χ2v) is 5.32. The third kappa shape index (κ3) is 3.87. The summed E-state index contributed by atoms with van der Waals surface area (Å²) in [7, 11) is 0. The van der Waals surface area contributed by atoms with Gasteiger partial charge in [-0.05, 0) is 31.5 Å². The van der Waals surface area contributed by atoms with E-state index in [9.17, 15) is 9.59 Å². The van der Waals surface area contributed by atoms with Gasteiger partial charge in [0.05, 0.1) is 0 Å². The van der Waals surface area contributed by atoms with Crippen LogP contribution in [0, 0.1) is 6.92 Å². The number of aryl methyl sites for hydroxylation is 1. The van der Waals surface area contributed by atoms with Crippen molar-refractivity contribution in [1.82, 2.24) is 10.2 Å². The molecule has 6 nitrogen and oxygen atoms in total. The van der Waals surface area contributed by atoms with Crippen LogP contribution in [0.4, 0.5) is 10.5 Å². The molecule has 1 aliphatic rings. The van der Waals surface area contributed by atoms with Gasteiger partial charge in [0.25, 0.3) is 0 Å². The second kappa shape index (κ2) is 6.47. The van der Waals surface area contributed by atoms with Crippen molar-refractivity contribution in [1.29, 1.82) is 0 Å². The van der Waals surface area contributed by atoms with E-state index in [-0.39, 0.29) is 6.03 Å². The first-order valence-electron chi connectivity index (χ1n) is 7.07. The monoisotopic (exact) mass is 291 g/mol. The smallest absolute Gasteiger partial charge is 0.325 e. The van der Waals surface area contributed by atoms with E-state index in [0.29, 0.717) is 13.1 Å². The third-order valence-electron chi connectivity index (χ3n) is 3.64. The maximum absolute atomic E-state index is 11.9. The van der Waals surface area contributed by atoms with Gasteiger partial charge >= 0.3 is 12.0 Å². The van der Waals surface area contributed by atoms with Crippen LogP contribution in [0.15, 0.2) is 24.3 Å². The Hall–Kier alpha value is -2.24. The Labute approximate surface area is 124 Å². The number of nitrogens with one attached hydrogen (secondary N) is 1. The molecule has 2 rings (SSSR count). The van der Waals surface area contributed by atoms with E-state index in [1.807, 2.05) is 6.07 Å². The average Bonchev–Trinajstić information content (AvgIpc) is 2.47. The number of carboxylic acid groups (broad SMARTS) is 1. The minimum absolute atomic E-state index is 0.311. The van der Waals surface area contributed by atoms with Gasteiger partial charge in [0.1, 0.15) is 6.04 Å². The molecule has 2 N–H and O–H groups in total. The van der Waals surface area contributed by atoms with E-state index in [1.165, 1.54) is 12.5 Å². The molecule has 114 valence electrons. The number of amides is 2. The third-order valence-corrected chi connectivity index (χ3v) is 3.64. The summed E-state index contributed by atoms with van der Waals surface area (Å²) in [5, 5.41) is 11.3. The van der Waals surface area contributed by atoms with Crippen molar-refractivity contribution in [2.75, 3.05) is 31.1 Å². The second-order valence-electron chi connectivity index (χ2n) is 5.32. The number of rotatable bonds is 3. The Morgan fingerprint density at radius 3 is 2.48 bits per heavy atom. The van der Waals surface area contributed by atoms with Gasteiger partial charge in [0.2, 0.25) is 0 Å². The van der Waals surface area contributed by atoms with Gasteiger partial charge in [-0.3, -0.25) is 4.79 Å². The molecule has 0 spiro atoms. The summed E-state index contributed by atoms with van der Waals surface area (Å²) in [6, 6.07) is 7.09. The zero-order chi connectivity index (χ0) is 15.4. The van der Waals surface area contributed by atoms with Gasteiger partial charge in [0.15, 0.2) is 0 Å². The first kappa shape index (κ1) is 15.2. The molecule has 1 saturated heterocycles. The van der Waals surface area contributed by atoms with Gasteiger partial charge in [-0.2, -0.15) is 0 Å². The quantitative estimate of drug-likeness (QED) is 0.880. The van der Waals surface area contributed by atoms with Crippen LogP contribution in [0.1, 0.15) is 12.5 Å². The minimum atomic E-state index is -1.03. The number of aliphatic carboxylic acids is 1. The van der Waals surface area contributed by atoms with Crippen LogP contribution in [0.5, 0.6) is 0 Å². The Morgan fingerprint density at radius 2 is 1.90 bits per heavy atom. The maximum Gasteiger partial charge on any atom is 0.325 e. The molecule has 6 heteroatoms. The lowest BCUT2D eigenvalue weighted by atomic mass is 10.2. The Bertz CT molecular complexity index is 525. The first-order chi connectivity index (χ1) is 9.97. The highest BCUT2D eigenvalue weighted by Gasteiger charge is 2.23. The van der Waals surface area contributed by atoms with Crippen molar-refractivity contribution in [2.24, 2.45) is 0 Å². The van der Waals surface area contributed by atoms with E-state index >= 15 is 0 Å². The average molecular weight is 291 g/mol. The lowest BCUT2D eigenvalue weighted by Gasteiger charge is -2.36. The molecule has 1 aromatic carbocycles. The molecular weight excluding hydrogens is 270 g/mol. The van der Waals surface area contributed by atoms with Gasteiger partial charge in [0, 0.05) is 31.9 Å². The van der Waals surface area contributed by atoms with Crippen molar-refractivity contribution in [3.63, 3.8) is 0 Å². The summed E-state index contributed by atoms with van der Waals surface area (Å²) < 4.78 is 0.